The molecule has 0 spiro atoms. The van der Waals surface area contributed by atoms with Gasteiger partial charge >= 0.3 is 12.1 Å². The number of likely N-dealkylation sites (tertiary alicyclic amines) is 1. The van der Waals surface area contributed by atoms with Gasteiger partial charge in [-0.3, -0.25) is 9.69 Å². The van der Waals surface area contributed by atoms with E-state index in [1.807, 2.05) is 13.8 Å². The minimum Gasteiger partial charge on any atom is -0.464 e. The van der Waals surface area contributed by atoms with Crippen molar-refractivity contribution in [3.63, 3.8) is 0 Å². The topological polar surface area (TPSA) is 84.9 Å². The van der Waals surface area contributed by atoms with E-state index in [1.54, 1.807) is 37.3 Å². The van der Waals surface area contributed by atoms with Gasteiger partial charge in [0.25, 0.3) is 5.92 Å². The van der Waals surface area contributed by atoms with E-state index in [0.29, 0.717) is 5.56 Å². The van der Waals surface area contributed by atoms with Crippen molar-refractivity contribution in [1.82, 2.24) is 10.2 Å². The first-order valence-corrected chi connectivity index (χ1v) is 9.97. The molecule has 2 rings (SSSR count). The van der Waals surface area contributed by atoms with Crippen molar-refractivity contribution in [1.29, 1.82) is 0 Å². The summed E-state index contributed by atoms with van der Waals surface area (Å²) < 4.78 is 39.0. The maximum absolute atomic E-state index is 14.5. The van der Waals surface area contributed by atoms with Gasteiger partial charge in [-0.15, -0.1) is 0 Å². The molecule has 1 saturated heterocycles. The van der Waals surface area contributed by atoms with Crippen LogP contribution in [0.2, 0.25) is 0 Å². The molecule has 1 aromatic carbocycles. The molecule has 1 aliphatic rings. The molecule has 1 unspecified atom stereocenters. The highest BCUT2D eigenvalue weighted by molar-refractivity contribution is 5.91. The van der Waals surface area contributed by atoms with Crippen molar-refractivity contribution >= 4 is 18.0 Å². The quantitative estimate of drug-likeness (QED) is 0.646. The van der Waals surface area contributed by atoms with Crippen LogP contribution >= 0.6 is 0 Å². The lowest BCUT2D eigenvalue weighted by Gasteiger charge is -2.28. The van der Waals surface area contributed by atoms with Gasteiger partial charge in [0.2, 0.25) is 5.91 Å². The summed E-state index contributed by atoms with van der Waals surface area (Å²) in [5.41, 5.74) is 0.692. The minimum absolute atomic E-state index is 0.00994. The van der Waals surface area contributed by atoms with Gasteiger partial charge in [-0.25, -0.2) is 18.4 Å². The van der Waals surface area contributed by atoms with E-state index >= 15 is 0 Å². The summed E-state index contributed by atoms with van der Waals surface area (Å²) in [7, 11) is 0. The van der Waals surface area contributed by atoms with Gasteiger partial charge in [0.15, 0.2) is 6.04 Å². The molecular formula is C21H28F2N2O5. The zero-order valence-corrected chi connectivity index (χ0v) is 17.4. The molecular weight excluding hydrogens is 398 g/mol. The van der Waals surface area contributed by atoms with Crippen LogP contribution in [0.1, 0.15) is 39.2 Å². The maximum Gasteiger partial charge on any atom is 0.410 e. The molecule has 1 heterocycles. The second kappa shape index (κ2) is 10.4. The Kier molecular flexibility index (Phi) is 8.14. The Balaban J connectivity index is 2.10. The number of carbonyl (C=O) groups excluding carboxylic acids is 3. The number of esters is 1. The summed E-state index contributed by atoms with van der Waals surface area (Å²) in [5.74, 6) is -5.23. The van der Waals surface area contributed by atoms with Crippen molar-refractivity contribution in [2.24, 2.45) is 5.92 Å². The largest absolute Gasteiger partial charge is 0.464 e. The summed E-state index contributed by atoms with van der Waals surface area (Å²) in [5, 5.41) is 2.35. The number of hydrogen-bond donors (Lipinski definition) is 1. The second-order valence-corrected chi connectivity index (χ2v) is 7.59. The number of benzene rings is 1. The van der Waals surface area contributed by atoms with E-state index in [1.165, 1.54) is 0 Å². The zero-order chi connectivity index (χ0) is 22.3. The zero-order valence-electron chi connectivity index (χ0n) is 17.4. The van der Waals surface area contributed by atoms with Crippen molar-refractivity contribution in [3.8, 4) is 0 Å². The standard InChI is InChI=1S/C21H28F2N2O5/c1-4-29-19(27)16(12-14(2)3)24-18(26)17-21(22,23)10-11-25(17)20(28)30-13-15-8-6-5-7-9-15/h5-9,14,16-17H,4,10-13H2,1-3H3,(H,24,26)/t16-,17?/m1/s1. The van der Waals surface area contributed by atoms with Gasteiger partial charge in [0.1, 0.15) is 12.6 Å². The molecule has 0 saturated carbocycles. The highest BCUT2D eigenvalue weighted by atomic mass is 19.3. The molecule has 9 heteroatoms. The Bertz CT molecular complexity index is 742. The van der Waals surface area contributed by atoms with E-state index in [0.717, 1.165) is 4.90 Å². The maximum atomic E-state index is 14.5. The predicted octanol–water partition coefficient (Wildman–Crippen LogP) is 3.13. The first-order valence-electron chi connectivity index (χ1n) is 9.97. The van der Waals surface area contributed by atoms with Gasteiger partial charge in [-0.05, 0) is 24.8 Å². The van der Waals surface area contributed by atoms with Crippen LogP contribution in [0.25, 0.3) is 0 Å². The molecule has 1 aromatic rings. The molecule has 7 nitrogen and oxygen atoms in total. The smallest absolute Gasteiger partial charge is 0.410 e. The fourth-order valence-electron chi connectivity index (χ4n) is 3.27. The number of alkyl halides is 2. The van der Waals surface area contributed by atoms with E-state index in [2.05, 4.69) is 5.32 Å². The van der Waals surface area contributed by atoms with Crippen molar-refractivity contribution < 1.29 is 32.6 Å². The van der Waals surface area contributed by atoms with Crippen LogP contribution in [-0.4, -0.2) is 54.0 Å². The third-order valence-corrected chi connectivity index (χ3v) is 4.68. The first kappa shape index (κ1) is 23.6. The summed E-state index contributed by atoms with van der Waals surface area (Å²) in [6.07, 6.45) is -1.45. The van der Waals surface area contributed by atoms with Crippen LogP contribution in [0.4, 0.5) is 13.6 Å². The van der Waals surface area contributed by atoms with E-state index < -0.39 is 42.4 Å². The summed E-state index contributed by atoms with van der Waals surface area (Å²) >= 11 is 0. The van der Waals surface area contributed by atoms with Gasteiger partial charge in [-0.1, -0.05) is 44.2 Å². The summed E-state index contributed by atoms with van der Waals surface area (Å²) in [6, 6.07) is 5.64. The highest BCUT2D eigenvalue weighted by Gasteiger charge is 2.55. The van der Waals surface area contributed by atoms with Crippen molar-refractivity contribution in [3.05, 3.63) is 35.9 Å². The second-order valence-electron chi connectivity index (χ2n) is 7.59. The third-order valence-electron chi connectivity index (χ3n) is 4.68. The number of rotatable bonds is 8. The molecule has 166 valence electrons. The molecule has 0 aromatic heterocycles. The van der Waals surface area contributed by atoms with E-state index in [9.17, 15) is 23.2 Å². The lowest BCUT2D eigenvalue weighted by Crippen LogP contribution is -2.56. The van der Waals surface area contributed by atoms with Gasteiger partial charge < -0.3 is 14.8 Å². The Morgan fingerprint density at radius 2 is 1.87 bits per heavy atom. The van der Waals surface area contributed by atoms with Crippen LogP contribution < -0.4 is 5.32 Å². The number of amides is 2. The Morgan fingerprint density at radius 1 is 1.20 bits per heavy atom. The number of hydrogen-bond acceptors (Lipinski definition) is 5. The molecule has 2 amide bonds. The molecule has 0 aliphatic carbocycles. The van der Waals surface area contributed by atoms with Gasteiger partial charge in [0, 0.05) is 13.0 Å². The highest BCUT2D eigenvalue weighted by Crippen LogP contribution is 2.35. The molecule has 1 fully saturated rings. The lowest BCUT2D eigenvalue weighted by atomic mass is 10.0. The van der Waals surface area contributed by atoms with Gasteiger partial charge in [0.05, 0.1) is 6.61 Å². The normalized spacial score (nSPS) is 18.7. The van der Waals surface area contributed by atoms with Crippen molar-refractivity contribution in [2.75, 3.05) is 13.2 Å². The van der Waals surface area contributed by atoms with Crippen LogP contribution in [0.15, 0.2) is 30.3 Å². The Morgan fingerprint density at radius 3 is 2.47 bits per heavy atom. The first-order chi connectivity index (χ1) is 14.2. The number of nitrogens with zero attached hydrogens (tertiary/aromatic N) is 1. The summed E-state index contributed by atoms with van der Waals surface area (Å²) in [4.78, 5) is 38.0. The lowest BCUT2D eigenvalue weighted by molar-refractivity contribution is -0.150. The Labute approximate surface area is 174 Å². The van der Waals surface area contributed by atoms with Crippen LogP contribution in [0.3, 0.4) is 0 Å². The van der Waals surface area contributed by atoms with E-state index in [4.69, 9.17) is 9.47 Å². The SMILES string of the molecule is CCOC(=O)[C@@H](CC(C)C)NC(=O)C1N(C(=O)OCc2ccccc2)CCC1(F)F. The fraction of sp³-hybridized carbons (Fsp3) is 0.571. The van der Waals surface area contributed by atoms with Crippen LogP contribution in [-0.2, 0) is 25.7 Å². The number of nitrogens with one attached hydrogen (secondary N) is 1. The number of halogens is 2. The summed E-state index contributed by atoms with van der Waals surface area (Å²) in [6.45, 7) is 4.94. The van der Waals surface area contributed by atoms with Gasteiger partial charge in [-0.2, -0.15) is 0 Å². The average Bonchev–Trinajstić information content (AvgIpc) is 3.01. The molecule has 2 atom stereocenters. The van der Waals surface area contributed by atoms with Crippen LogP contribution in [0, 0.1) is 5.92 Å². The van der Waals surface area contributed by atoms with Crippen molar-refractivity contribution in [2.45, 2.75) is 58.2 Å². The molecule has 30 heavy (non-hydrogen) atoms. The Hall–Kier alpha value is -2.71. The molecule has 1 aliphatic heterocycles. The van der Waals surface area contributed by atoms with Crippen LogP contribution in [0.5, 0.6) is 0 Å². The molecule has 1 N–H and O–H groups in total. The van der Waals surface area contributed by atoms with E-state index in [-0.39, 0.29) is 32.1 Å². The number of ether oxygens (including phenoxy) is 2. The fourth-order valence-corrected chi connectivity index (χ4v) is 3.27. The number of carbonyl (C=O) groups is 3. The third kappa shape index (κ3) is 6.14. The minimum atomic E-state index is -3.44. The predicted molar refractivity (Wildman–Crippen MR) is 105 cm³/mol. The average molecular weight is 426 g/mol. The monoisotopic (exact) mass is 426 g/mol. The molecule has 0 bridgehead atoms. The molecule has 0 radical (unpaired) electrons.